The van der Waals surface area contributed by atoms with Gasteiger partial charge in [0.2, 0.25) is 5.91 Å². The maximum absolute atomic E-state index is 12.4. The van der Waals surface area contributed by atoms with Gasteiger partial charge in [0.25, 0.3) is 0 Å². The molecule has 5 heteroatoms. The van der Waals surface area contributed by atoms with E-state index in [-0.39, 0.29) is 24.9 Å². The van der Waals surface area contributed by atoms with E-state index >= 15 is 0 Å². The number of para-hydroxylation sites is 1. The number of aliphatic carboxylic acids is 1. The van der Waals surface area contributed by atoms with Gasteiger partial charge in [-0.1, -0.05) is 24.3 Å². The minimum Gasteiger partial charge on any atom is -0.480 e. The summed E-state index contributed by atoms with van der Waals surface area (Å²) in [7, 11) is 0. The third-order valence-corrected chi connectivity index (χ3v) is 3.12. The first-order chi connectivity index (χ1) is 9.13. The van der Waals surface area contributed by atoms with Crippen LogP contribution < -0.4 is 5.32 Å². The van der Waals surface area contributed by atoms with Gasteiger partial charge in [-0.2, -0.15) is 0 Å². The van der Waals surface area contributed by atoms with E-state index in [1.807, 2.05) is 24.3 Å². The molecule has 2 rings (SSSR count). The van der Waals surface area contributed by atoms with E-state index in [1.165, 1.54) is 11.0 Å². The molecule has 0 spiro atoms. The second-order valence-electron chi connectivity index (χ2n) is 4.42. The summed E-state index contributed by atoms with van der Waals surface area (Å²) in [5.74, 6) is -1.52. The van der Waals surface area contributed by atoms with Crippen LogP contribution in [-0.2, 0) is 9.59 Å². The van der Waals surface area contributed by atoms with E-state index in [1.54, 1.807) is 0 Å². The second kappa shape index (κ2) is 5.56. The summed E-state index contributed by atoms with van der Waals surface area (Å²) in [6.45, 7) is 4.00. The molecule has 0 aliphatic carbocycles. The minimum atomic E-state index is -1.02. The summed E-state index contributed by atoms with van der Waals surface area (Å²) in [5, 5.41) is 12.0. The largest absolute Gasteiger partial charge is 0.480 e. The van der Waals surface area contributed by atoms with Crippen LogP contribution in [0, 0.1) is 0 Å². The Morgan fingerprint density at radius 3 is 2.89 bits per heavy atom. The van der Waals surface area contributed by atoms with Crippen LogP contribution in [0.1, 0.15) is 11.5 Å². The Morgan fingerprint density at radius 2 is 2.21 bits per heavy atom. The van der Waals surface area contributed by atoms with Crippen LogP contribution in [-0.4, -0.2) is 41.5 Å². The molecule has 0 saturated heterocycles. The monoisotopic (exact) mass is 260 g/mol. The maximum Gasteiger partial charge on any atom is 0.323 e. The first-order valence-electron chi connectivity index (χ1n) is 6.07. The van der Waals surface area contributed by atoms with E-state index in [2.05, 4.69) is 11.9 Å². The molecule has 0 fully saturated rings. The summed E-state index contributed by atoms with van der Waals surface area (Å²) in [5.41, 5.74) is 1.86. The van der Waals surface area contributed by atoms with E-state index in [0.29, 0.717) is 6.54 Å². The normalized spacial score (nSPS) is 16.3. The van der Waals surface area contributed by atoms with Gasteiger partial charge in [0, 0.05) is 18.8 Å². The van der Waals surface area contributed by atoms with Gasteiger partial charge < -0.3 is 15.3 Å². The van der Waals surface area contributed by atoms with Crippen LogP contribution in [0.4, 0.5) is 5.69 Å². The summed E-state index contributed by atoms with van der Waals surface area (Å²) < 4.78 is 0. The van der Waals surface area contributed by atoms with Crippen molar-refractivity contribution >= 4 is 17.6 Å². The Kier molecular flexibility index (Phi) is 3.85. The fraction of sp³-hybridized carbons (Fsp3) is 0.286. The number of carbonyl (C=O) groups is 2. The highest BCUT2D eigenvalue weighted by atomic mass is 16.4. The van der Waals surface area contributed by atoms with Crippen LogP contribution in [0.3, 0.4) is 0 Å². The number of nitrogens with one attached hydrogen (secondary N) is 1. The zero-order chi connectivity index (χ0) is 13.8. The van der Waals surface area contributed by atoms with Crippen molar-refractivity contribution in [1.29, 1.82) is 0 Å². The molecule has 19 heavy (non-hydrogen) atoms. The van der Waals surface area contributed by atoms with Crippen LogP contribution in [0.2, 0.25) is 0 Å². The van der Waals surface area contributed by atoms with Gasteiger partial charge in [0.05, 0.1) is 5.92 Å². The number of carboxylic acid groups (broad SMARTS) is 1. The number of fused-ring (bicyclic) bond motifs is 1. The lowest BCUT2D eigenvalue weighted by atomic mass is 10.00. The Hall–Kier alpha value is -2.30. The highest BCUT2D eigenvalue weighted by Crippen LogP contribution is 2.32. The van der Waals surface area contributed by atoms with Crippen molar-refractivity contribution in [3.05, 3.63) is 42.5 Å². The van der Waals surface area contributed by atoms with Crippen molar-refractivity contribution in [2.75, 3.05) is 25.0 Å². The molecule has 1 aromatic rings. The van der Waals surface area contributed by atoms with Gasteiger partial charge in [-0.15, -0.1) is 6.58 Å². The molecule has 0 bridgehead atoms. The summed E-state index contributed by atoms with van der Waals surface area (Å²) in [4.78, 5) is 24.5. The average molecular weight is 260 g/mol. The van der Waals surface area contributed by atoms with E-state index in [0.717, 1.165) is 11.3 Å². The molecule has 0 aromatic heterocycles. The Bertz CT molecular complexity index is 513. The number of benzene rings is 1. The predicted octanol–water partition coefficient (Wildman–Crippen LogP) is 1.29. The highest BCUT2D eigenvalue weighted by molar-refractivity contribution is 5.90. The molecule has 1 heterocycles. The van der Waals surface area contributed by atoms with Gasteiger partial charge in [-0.25, -0.2) is 0 Å². The van der Waals surface area contributed by atoms with E-state index < -0.39 is 5.97 Å². The average Bonchev–Trinajstić information content (AvgIpc) is 2.80. The topological polar surface area (TPSA) is 69.6 Å². The number of carboxylic acids is 1. The molecule has 1 atom stereocenters. The summed E-state index contributed by atoms with van der Waals surface area (Å²) in [6, 6.07) is 7.58. The number of anilines is 1. The molecule has 1 amide bonds. The highest BCUT2D eigenvalue weighted by Gasteiger charge is 2.31. The van der Waals surface area contributed by atoms with Crippen LogP contribution in [0.15, 0.2) is 36.9 Å². The van der Waals surface area contributed by atoms with Crippen molar-refractivity contribution in [2.45, 2.75) is 5.92 Å². The third kappa shape index (κ3) is 2.76. The summed E-state index contributed by atoms with van der Waals surface area (Å²) >= 11 is 0. The van der Waals surface area contributed by atoms with Crippen molar-refractivity contribution in [1.82, 2.24) is 4.90 Å². The number of amides is 1. The molecule has 1 unspecified atom stereocenters. The molecule has 5 nitrogen and oxygen atoms in total. The molecule has 1 aromatic carbocycles. The van der Waals surface area contributed by atoms with Crippen molar-refractivity contribution in [3.63, 3.8) is 0 Å². The number of carbonyl (C=O) groups excluding carboxylic acids is 1. The first kappa shape index (κ1) is 13.1. The van der Waals surface area contributed by atoms with Crippen molar-refractivity contribution < 1.29 is 14.7 Å². The maximum atomic E-state index is 12.4. The quantitative estimate of drug-likeness (QED) is 0.783. The SMILES string of the molecule is C=CCN(CC(=O)O)C(=O)C1CNc2ccccc21. The Balaban J connectivity index is 2.19. The third-order valence-electron chi connectivity index (χ3n) is 3.12. The van der Waals surface area contributed by atoms with Gasteiger partial charge in [0.1, 0.15) is 6.54 Å². The minimum absolute atomic E-state index is 0.181. The Labute approximate surface area is 111 Å². The summed E-state index contributed by atoms with van der Waals surface area (Å²) in [6.07, 6.45) is 1.54. The number of rotatable bonds is 5. The molecule has 100 valence electrons. The Morgan fingerprint density at radius 1 is 1.47 bits per heavy atom. The lowest BCUT2D eigenvalue weighted by Crippen LogP contribution is -2.39. The number of nitrogens with zero attached hydrogens (tertiary/aromatic N) is 1. The molecule has 0 saturated carbocycles. The standard InChI is InChI=1S/C14H16N2O3/c1-2-7-16(9-13(17)18)14(19)11-8-15-12-6-4-3-5-10(11)12/h2-6,11,15H,1,7-9H2,(H,17,18). The van der Waals surface area contributed by atoms with E-state index in [9.17, 15) is 9.59 Å². The van der Waals surface area contributed by atoms with Crippen LogP contribution >= 0.6 is 0 Å². The van der Waals surface area contributed by atoms with Crippen LogP contribution in [0.5, 0.6) is 0 Å². The fourth-order valence-electron chi connectivity index (χ4n) is 2.28. The number of hydrogen-bond acceptors (Lipinski definition) is 3. The lowest BCUT2D eigenvalue weighted by molar-refractivity contribution is -0.144. The van der Waals surface area contributed by atoms with Crippen LogP contribution in [0.25, 0.3) is 0 Å². The van der Waals surface area contributed by atoms with Crippen molar-refractivity contribution in [2.24, 2.45) is 0 Å². The van der Waals surface area contributed by atoms with Crippen molar-refractivity contribution in [3.8, 4) is 0 Å². The zero-order valence-electron chi connectivity index (χ0n) is 10.5. The molecular formula is C14H16N2O3. The molecule has 1 aliphatic rings. The molecule has 1 aliphatic heterocycles. The fourth-order valence-corrected chi connectivity index (χ4v) is 2.28. The number of hydrogen-bond donors (Lipinski definition) is 2. The molecule has 0 radical (unpaired) electrons. The van der Waals surface area contributed by atoms with Gasteiger partial charge in [-0.3, -0.25) is 9.59 Å². The zero-order valence-corrected chi connectivity index (χ0v) is 10.5. The van der Waals surface area contributed by atoms with Gasteiger partial charge >= 0.3 is 5.97 Å². The van der Waals surface area contributed by atoms with Gasteiger partial charge in [0.15, 0.2) is 0 Å². The molecule has 2 N–H and O–H groups in total. The lowest BCUT2D eigenvalue weighted by Gasteiger charge is -2.22. The smallest absolute Gasteiger partial charge is 0.323 e. The second-order valence-corrected chi connectivity index (χ2v) is 4.42. The molecular weight excluding hydrogens is 244 g/mol. The first-order valence-corrected chi connectivity index (χ1v) is 6.07. The predicted molar refractivity (Wildman–Crippen MR) is 72.1 cm³/mol. The van der Waals surface area contributed by atoms with E-state index in [4.69, 9.17) is 5.11 Å². The van der Waals surface area contributed by atoms with Gasteiger partial charge in [-0.05, 0) is 11.6 Å².